The molecule has 2 amide bonds. The Hall–Kier alpha value is -1.14. The molecule has 0 aromatic heterocycles. The molecule has 2 aliphatic heterocycles. The lowest BCUT2D eigenvalue weighted by Gasteiger charge is -2.36. The third-order valence-corrected chi connectivity index (χ3v) is 6.32. The Morgan fingerprint density at radius 3 is 2.36 bits per heavy atom. The fraction of sp³-hybridized carbons (Fsp3) is 0.895. The Labute approximate surface area is 151 Å². The van der Waals surface area contributed by atoms with E-state index in [1.54, 1.807) is 0 Å². The van der Waals surface area contributed by atoms with Crippen LogP contribution in [0.15, 0.2) is 0 Å². The first kappa shape index (κ1) is 18.6. The number of hydrogen-bond acceptors (Lipinski definition) is 4. The number of carbonyl (C=O) groups excluding carboxylic acids is 2. The Morgan fingerprint density at radius 1 is 1.04 bits per heavy atom. The smallest absolute Gasteiger partial charge is 0.239 e. The molecule has 2 heterocycles. The van der Waals surface area contributed by atoms with Gasteiger partial charge in [0.15, 0.2) is 0 Å². The monoisotopic (exact) mass is 350 g/mol. The van der Waals surface area contributed by atoms with Gasteiger partial charge in [0, 0.05) is 45.3 Å². The molecule has 3 fully saturated rings. The first-order valence-electron chi connectivity index (χ1n) is 10.2. The van der Waals surface area contributed by atoms with Gasteiger partial charge in [-0.3, -0.25) is 14.5 Å². The van der Waals surface area contributed by atoms with Crippen LogP contribution >= 0.6 is 0 Å². The Bertz CT molecular complexity index is 458. The maximum atomic E-state index is 12.8. The first-order valence-corrected chi connectivity index (χ1v) is 10.2. The lowest BCUT2D eigenvalue weighted by atomic mass is 9.85. The van der Waals surface area contributed by atoms with Crippen molar-refractivity contribution in [3.8, 4) is 0 Å². The summed E-state index contributed by atoms with van der Waals surface area (Å²) in [4.78, 5) is 31.2. The van der Waals surface area contributed by atoms with Gasteiger partial charge in [0.2, 0.25) is 11.8 Å². The van der Waals surface area contributed by atoms with E-state index in [9.17, 15) is 9.59 Å². The second-order valence-corrected chi connectivity index (χ2v) is 7.77. The Balaban J connectivity index is 1.44. The highest BCUT2D eigenvalue weighted by Crippen LogP contribution is 2.33. The molecule has 0 aromatic carbocycles. The summed E-state index contributed by atoms with van der Waals surface area (Å²) in [6, 6.07) is 0.590. The molecule has 25 heavy (non-hydrogen) atoms. The largest absolute Gasteiger partial charge is 0.342 e. The molecule has 0 spiro atoms. The zero-order valence-electron chi connectivity index (χ0n) is 15.9. The van der Waals surface area contributed by atoms with Gasteiger partial charge in [-0.1, -0.05) is 12.8 Å². The van der Waals surface area contributed by atoms with Gasteiger partial charge in [-0.15, -0.1) is 0 Å². The van der Waals surface area contributed by atoms with Gasteiger partial charge in [-0.25, -0.2) is 0 Å². The van der Waals surface area contributed by atoms with Gasteiger partial charge in [0.25, 0.3) is 0 Å². The summed E-state index contributed by atoms with van der Waals surface area (Å²) in [7, 11) is 0. The van der Waals surface area contributed by atoms with E-state index in [0.29, 0.717) is 18.5 Å². The van der Waals surface area contributed by atoms with Crippen LogP contribution in [0.1, 0.15) is 46.0 Å². The summed E-state index contributed by atoms with van der Waals surface area (Å²) in [5, 5.41) is 3.60. The molecule has 3 unspecified atom stereocenters. The summed E-state index contributed by atoms with van der Waals surface area (Å²) >= 11 is 0. The number of nitrogens with zero attached hydrogens (tertiary/aromatic N) is 3. The molecular weight excluding hydrogens is 316 g/mol. The van der Waals surface area contributed by atoms with Crippen molar-refractivity contribution in [2.75, 3.05) is 45.8 Å². The van der Waals surface area contributed by atoms with E-state index in [4.69, 9.17) is 0 Å². The summed E-state index contributed by atoms with van der Waals surface area (Å²) in [5.41, 5.74) is 0. The highest BCUT2D eigenvalue weighted by Gasteiger charge is 2.40. The minimum Gasteiger partial charge on any atom is -0.342 e. The van der Waals surface area contributed by atoms with Crippen LogP contribution in [-0.2, 0) is 9.59 Å². The van der Waals surface area contributed by atoms with Crippen molar-refractivity contribution in [2.24, 2.45) is 5.92 Å². The van der Waals surface area contributed by atoms with E-state index in [2.05, 4.69) is 10.2 Å². The van der Waals surface area contributed by atoms with Crippen molar-refractivity contribution in [1.29, 1.82) is 0 Å². The molecule has 1 N–H and O–H groups in total. The molecular formula is C19H34N4O2. The average Bonchev–Trinajstić information content (AvgIpc) is 3.07. The SMILES string of the molecule is CCN(CC)C(=O)CN1CCN(C(=O)C2CC3CCCCC3N2)CC1. The van der Waals surface area contributed by atoms with Crippen LogP contribution in [0, 0.1) is 5.92 Å². The molecule has 2 saturated heterocycles. The summed E-state index contributed by atoms with van der Waals surface area (Å²) in [6.07, 6.45) is 6.15. The lowest BCUT2D eigenvalue weighted by molar-refractivity contribution is -0.136. The van der Waals surface area contributed by atoms with Crippen LogP contribution in [0.25, 0.3) is 0 Å². The van der Waals surface area contributed by atoms with Crippen LogP contribution in [0.2, 0.25) is 0 Å². The van der Waals surface area contributed by atoms with Gasteiger partial charge in [0.05, 0.1) is 12.6 Å². The molecule has 142 valence electrons. The minimum atomic E-state index is 0.0250. The van der Waals surface area contributed by atoms with Crippen molar-refractivity contribution in [2.45, 2.75) is 58.0 Å². The van der Waals surface area contributed by atoms with Crippen LogP contribution in [0.5, 0.6) is 0 Å². The molecule has 0 bridgehead atoms. The molecule has 3 atom stereocenters. The van der Waals surface area contributed by atoms with Gasteiger partial charge in [-0.2, -0.15) is 0 Å². The van der Waals surface area contributed by atoms with Crippen LogP contribution in [-0.4, -0.2) is 84.4 Å². The third kappa shape index (κ3) is 4.34. The maximum Gasteiger partial charge on any atom is 0.239 e. The second kappa shape index (κ2) is 8.49. The number of carbonyl (C=O) groups is 2. The Morgan fingerprint density at radius 2 is 1.72 bits per heavy atom. The zero-order chi connectivity index (χ0) is 17.8. The van der Waals surface area contributed by atoms with E-state index in [1.165, 1.54) is 25.7 Å². The van der Waals surface area contributed by atoms with Crippen LogP contribution in [0.4, 0.5) is 0 Å². The molecule has 6 nitrogen and oxygen atoms in total. The molecule has 0 radical (unpaired) electrons. The highest BCUT2D eigenvalue weighted by atomic mass is 16.2. The summed E-state index contributed by atoms with van der Waals surface area (Å²) < 4.78 is 0. The topological polar surface area (TPSA) is 55.9 Å². The van der Waals surface area contributed by atoms with Crippen molar-refractivity contribution < 1.29 is 9.59 Å². The molecule has 1 aliphatic carbocycles. The highest BCUT2D eigenvalue weighted by molar-refractivity contribution is 5.82. The van der Waals surface area contributed by atoms with E-state index in [-0.39, 0.29) is 17.9 Å². The van der Waals surface area contributed by atoms with Crippen LogP contribution < -0.4 is 5.32 Å². The molecule has 0 aromatic rings. The number of hydrogen-bond donors (Lipinski definition) is 1. The Kier molecular flexibility index (Phi) is 6.34. The first-order chi connectivity index (χ1) is 12.1. The average molecular weight is 351 g/mol. The molecule has 1 saturated carbocycles. The predicted octanol–water partition coefficient (Wildman–Crippen LogP) is 0.920. The summed E-state index contributed by atoms with van der Waals surface area (Å²) in [6.45, 7) is 9.16. The van der Waals surface area contributed by atoms with E-state index in [0.717, 1.165) is 45.7 Å². The second-order valence-electron chi connectivity index (χ2n) is 7.77. The maximum absolute atomic E-state index is 12.8. The van der Waals surface area contributed by atoms with Crippen molar-refractivity contribution in [3.05, 3.63) is 0 Å². The van der Waals surface area contributed by atoms with Crippen LogP contribution in [0.3, 0.4) is 0 Å². The number of amides is 2. The number of nitrogens with one attached hydrogen (secondary N) is 1. The van der Waals surface area contributed by atoms with Crippen molar-refractivity contribution >= 4 is 11.8 Å². The van der Waals surface area contributed by atoms with Gasteiger partial charge >= 0.3 is 0 Å². The van der Waals surface area contributed by atoms with Crippen molar-refractivity contribution in [1.82, 2.24) is 20.0 Å². The fourth-order valence-electron chi connectivity index (χ4n) is 4.72. The number of piperazine rings is 1. The normalized spacial score (nSPS) is 30.2. The fourth-order valence-corrected chi connectivity index (χ4v) is 4.72. The van der Waals surface area contributed by atoms with E-state index >= 15 is 0 Å². The van der Waals surface area contributed by atoms with Crippen molar-refractivity contribution in [3.63, 3.8) is 0 Å². The standard InChI is InChI=1S/C19H34N4O2/c1-3-22(4-2)18(24)14-21-9-11-23(12-10-21)19(25)17-13-15-7-5-6-8-16(15)20-17/h15-17,20H,3-14H2,1-2H3. The summed E-state index contributed by atoms with van der Waals surface area (Å²) in [5.74, 6) is 1.19. The predicted molar refractivity (Wildman–Crippen MR) is 98.2 cm³/mol. The van der Waals surface area contributed by atoms with Gasteiger partial charge < -0.3 is 15.1 Å². The molecule has 6 heteroatoms. The molecule has 3 aliphatic rings. The van der Waals surface area contributed by atoms with E-state index < -0.39 is 0 Å². The van der Waals surface area contributed by atoms with Gasteiger partial charge in [-0.05, 0) is 39.0 Å². The quantitative estimate of drug-likeness (QED) is 0.801. The third-order valence-electron chi connectivity index (χ3n) is 6.32. The van der Waals surface area contributed by atoms with E-state index in [1.807, 2.05) is 23.6 Å². The molecule has 3 rings (SSSR count). The minimum absolute atomic E-state index is 0.0250. The zero-order valence-corrected chi connectivity index (χ0v) is 15.9. The number of rotatable bonds is 5. The van der Waals surface area contributed by atoms with Gasteiger partial charge in [0.1, 0.15) is 0 Å². The number of likely N-dealkylation sites (N-methyl/N-ethyl adjacent to an activating group) is 1. The number of fused-ring (bicyclic) bond motifs is 1. The lowest BCUT2D eigenvalue weighted by Crippen LogP contribution is -2.55.